The molecular weight excluding hydrogens is 832 g/mol. The van der Waals surface area contributed by atoms with E-state index < -0.39 is 47.7 Å². The number of nitrogens with one attached hydrogen (secondary N) is 4. The van der Waals surface area contributed by atoms with Gasteiger partial charge in [0.15, 0.2) is 0 Å². The molecule has 55 heavy (non-hydrogen) atoms. The van der Waals surface area contributed by atoms with Crippen LogP contribution in [-0.2, 0) is 30.3 Å². The van der Waals surface area contributed by atoms with E-state index in [4.69, 9.17) is 19.2 Å². The van der Waals surface area contributed by atoms with Gasteiger partial charge in [0.1, 0.15) is 30.2 Å². The summed E-state index contributed by atoms with van der Waals surface area (Å²) in [5.41, 5.74) is 1.17. The van der Waals surface area contributed by atoms with Crippen LogP contribution in [0.4, 0.5) is 18.0 Å². The normalized spacial score (nSPS) is 19.0. The van der Waals surface area contributed by atoms with Crippen molar-refractivity contribution in [3.63, 3.8) is 0 Å². The highest BCUT2D eigenvalue weighted by molar-refractivity contribution is 14.1. The number of ether oxygens (including phenoxy) is 3. The van der Waals surface area contributed by atoms with Crippen LogP contribution in [0.1, 0.15) is 43.5 Å². The Morgan fingerprint density at radius 2 is 1.80 bits per heavy atom. The molecule has 300 valence electrons. The Hall–Kier alpha value is -3.74. The van der Waals surface area contributed by atoms with Crippen molar-refractivity contribution < 1.29 is 41.8 Å². The molecule has 3 amide bonds. The molecule has 1 aromatic heterocycles. The first-order valence-electron chi connectivity index (χ1n) is 18.7. The average molecular weight is 883 g/mol. The minimum atomic E-state index is -1.16. The third-order valence-corrected chi connectivity index (χ3v) is 10.6. The summed E-state index contributed by atoms with van der Waals surface area (Å²) < 4.78 is 63.7. The topological polar surface area (TPSA) is 145 Å². The molecule has 0 radical (unpaired) electrons. The Bertz CT molecular complexity index is 1700. The zero-order chi connectivity index (χ0) is 39.2. The van der Waals surface area contributed by atoms with Gasteiger partial charge in [0.25, 0.3) is 0 Å². The summed E-state index contributed by atoms with van der Waals surface area (Å²) in [5, 5.41) is 11.4. The van der Waals surface area contributed by atoms with Crippen molar-refractivity contribution in [3.8, 4) is 11.3 Å². The highest BCUT2D eigenvalue weighted by Crippen LogP contribution is 2.42. The molecule has 2 aliphatic rings. The number of nitrogens with zero attached hydrogens (tertiary/aromatic N) is 2. The van der Waals surface area contributed by atoms with E-state index in [9.17, 15) is 18.8 Å². The maximum absolute atomic E-state index is 15.3. The molecular formula is C39H50F3IN6O6. The van der Waals surface area contributed by atoms with Crippen LogP contribution in [0.3, 0.4) is 0 Å². The second-order valence-electron chi connectivity index (χ2n) is 14.0. The van der Waals surface area contributed by atoms with Gasteiger partial charge in [-0.3, -0.25) is 9.59 Å². The summed E-state index contributed by atoms with van der Waals surface area (Å²) in [5.74, 6) is -3.00. The van der Waals surface area contributed by atoms with E-state index in [1.54, 1.807) is 13.1 Å². The predicted molar refractivity (Wildman–Crippen MR) is 208 cm³/mol. The quantitative estimate of drug-likeness (QED) is 0.0768. The molecule has 0 spiro atoms. The molecule has 12 nitrogen and oxygen atoms in total. The molecule has 4 N–H and O–H groups in total. The van der Waals surface area contributed by atoms with E-state index in [2.05, 4.69) is 21.3 Å². The highest BCUT2D eigenvalue weighted by atomic mass is 127. The number of carbonyl (C=O) groups excluding carboxylic acids is 3. The molecule has 3 aromatic rings. The zero-order valence-corrected chi connectivity index (χ0v) is 33.1. The van der Waals surface area contributed by atoms with Crippen LogP contribution in [0.5, 0.6) is 0 Å². The van der Waals surface area contributed by atoms with Crippen molar-refractivity contribution in [2.75, 3.05) is 63.6 Å². The third-order valence-electron chi connectivity index (χ3n) is 9.92. The fourth-order valence-corrected chi connectivity index (χ4v) is 7.45. The van der Waals surface area contributed by atoms with Crippen molar-refractivity contribution in [1.29, 1.82) is 0 Å². The summed E-state index contributed by atoms with van der Waals surface area (Å²) in [6.07, 6.45) is 1.30. The Kier molecular flexibility index (Phi) is 16.6. The molecule has 2 fully saturated rings. The summed E-state index contributed by atoms with van der Waals surface area (Å²) in [4.78, 5) is 43.2. The van der Waals surface area contributed by atoms with E-state index in [1.165, 1.54) is 0 Å². The number of hydrogen-bond acceptors (Lipinski definition) is 8. The SMILES string of the molecule is C[C@@H](COC(=O)NCCOCCNC(=O)CI)NC(=O)C(C[C@@H]1CNC[C@@H]1F)C(c1nc(-c2cc(F)ccc2F)cn1Cc1ccccc1)C1CCOCC1. The number of benzene rings is 2. The number of carbonyl (C=O) groups is 3. The smallest absolute Gasteiger partial charge is 0.407 e. The minimum Gasteiger partial charge on any atom is -0.447 e. The van der Waals surface area contributed by atoms with E-state index in [1.807, 2.05) is 57.5 Å². The fourth-order valence-electron chi connectivity index (χ4n) is 7.18. The van der Waals surface area contributed by atoms with Crippen molar-refractivity contribution >= 4 is 40.5 Å². The molecule has 2 saturated heterocycles. The van der Waals surface area contributed by atoms with Crippen LogP contribution in [0.25, 0.3) is 11.3 Å². The monoisotopic (exact) mass is 882 g/mol. The molecule has 0 saturated carbocycles. The van der Waals surface area contributed by atoms with Gasteiger partial charge in [0.05, 0.1) is 29.4 Å². The van der Waals surface area contributed by atoms with Gasteiger partial charge in [-0.25, -0.2) is 22.9 Å². The molecule has 5 rings (SSSR count). The number of alkyl carbamates (subject to hydrolysis) is 1. The fraction of sp³-hybridized carbons (Fsp3) is 0.538. The minimum absolute atomic E-state index is 0.000538. The van der Waals surface area contributed by atoms with Gasteiger partial charge < -0.3 is 40.0 Å². The second-order valence-corrected chi connectivity index (χ2v) is 14.8. The average Bonchev–Trinajstić information content (AvgIpc) is 3.79. The maximum atomic E-state index is 15.3. The van der Waals surface area contributed by atoms with Crippen molar-refractivity contribution in [2.24, 2.45) is 17.8 Å². The molecule has 0 bridgehead atoms. The Labute approximate surface area is 333 Å². The number of imidazole rings is 1. The number of aromatic nitrogens is 2. The molecule has 5 atom stereocenters. The maximum Gasteiger partial charge on any atom is 0.407 e. The highest BCUT2D eigenvalue weighted by Gasteiger charge is 2.43. The second kappa shape index (κ2) is 21.5. The standard InChI is InChI=1S/C39H50F3IN6O6/c1-25(24-55-39(52)46-12-16-54-15-11-45-35(50)19-43)47-38(51)31(17-28-20-44-21-33(28)42)36(27-9-13-53-14-10-27)37-48-34(30-18-29(40)7-8-32(30)41)23-49(37)22-26-5-3-2-4-6-26/h2-8,18,23,25,27-28,31,33,36,44H,9-17,19-22,24H2,1H3,(H,45,50)(H,46,52)(H,47,51)/t25-,28+,31?,33-,36?/m0/s1. The molecule has 2 aromatic carbocycles. The Morgan fingerprint density at radius 1 is 1.05 bits per heavy atom. The van der Waals surface area contributed by atoms with Gasteiger partial charge in [-0.05, 0) is 55.9 Å². The lowest BCUT2D eigenvalue weighted by Gasteiger charge is -2.36. The lowest BCUT2D eigenvalue weighted by atomic mass is 9.73. The van der Waals surface area contributed by atoms with Gasteiger partial charge >= 0.3 is 6.09 Å². The van der Waals surface area contributed by atoms with Crippen LogP contribution in [0.15, 0.2) is 54.7 Å². The largest absolute Gasteiger partial charge is 0.447 e. The number of halogens is 4. The Morgan fingerprint density at radius 3 is 2.51 bits per heavy atom. The molecule has 0 aliphatic carbocycles. The number of amides is 3. The molecule has 16 heteroatoms. The van der Waals surface area contributed by atoms with Gasteiger partial charge in [0.2, 0.25) is 11.8 Å². The number of hydrogen-bond donors (Lipinski definition) is 4. The van der Waals surface area contributed by atoms with Crippen LogP contribution >= 0.6 is 22.6 Å². The lowest BCUT2D eigenvalue weighted by molar-refractivity contribution is -0.128. The molecule has 2 unspecified atom stereocenters. The van der Waals surface area contributed by atoms with E-state index >= 15 is 8.78 Å². The van der Waals surface area contributed by atoms with E-state index in [-0.39, 0.29) is 61.7 Å². The van der Waals surface area contributed by atoms with Crippen LogP contribution in [-0.4, -0.2) is 103 Å². The van der Waals surface area contributed by atoms with E-state index in [0.29, 0.717) is 62.5 Å². The molecule has 2 aliphatic heterocycles. The first-order valence-corrected chi connectivity index (χ1v) is 20.3. The van der Waals surface area contributed by atoms with Crippen LogP contribution in [0, 0.1) is 29.4 Å². The van der Waals surface area contributed by atoms with Gasteiger partial charge in [-0.15, -0.1) is 0 Å². The van der Waals surface area contributed by atoms with E-state index in [0.717, 1.165) is 23.8 Å². The van der Waals surface area contributed by atoms with Gasteiger partial charge in [-0.1, -0.05) is 52.9 Å². The number of rotatable bonds is 19. The lowest BCUT2D eigenvalue weighted by Crippen LogP contribution is -2.45. The Balaban J connectivity index is 1.37. The summed E-state index contributed by atoms with van der Waals surface area (Å²) in [6, 6.07) is 12.3. The van der Waals surface area contributed by atoms with Crippen LogP contribution in [0.2, 0.25) is 0 Å². The van der Waals surface area contributed by atoms with Crippen molar-refractivity contribution in [1.82, 2.24) is 30.8 Å². The van der Waals surface area contributed by atoms with Crippen molar-refractivity contribution in [3.05, 3.63) is 77.8 Å². The summed E-state index contributed by atoms with van der Waals surface area (Å²) in [7, 11) is 0. The first kappa shape index (κ1) is 42.4. The van der Waals surface area contributed by atoms with Gasteiger partial charge in [0, 0.05) is 75.5 Å². The number of alkyl halides is 2. The summed E-state index contributed by atoms with van der Waals surface area (Å²) in [6.45, 7) is 4.54. The first-order chi connectivity index (χ1) is 26.6. The van der Waals surface area contributed by atoms with Crippen molar-refractivity contribution in [2.45, 2.75) is 50.9 Å². The third kappa shape index (κ3) is 12.6. The molecule has 3 heterocycles. The zero-order valence-electron chi connectivity index (χ0n) is 30.9. The van der Waals surface area contributed by atoms with Crippen LogP contribution < -0.4 is 21.3 Å². The summed E-state index contributed by atoms with van der Waals surface area (Å²) >= 11 is 1.97. The van der Waals surface area contributed by atoms with Gasteiger partial charge in [-0.2, -0.15) is 0 Å². The predicted octanol–water partition coefficient (Wildman–Crippen LogP) is 4.75.